The number of aliphatic imine (C=N–C) groups is 1. The first-order valence-electron chi connectivity index (χ1n) is 10.8. The van der Waals surface area contributed by atoms with Gasteiger partial charge < -0.3 is 15.5 Å². The molecule has 2 aliphatic heterocycles. The van der Waals surface area contributed by atoms with E-state index in [0.717, 1.165) is 36.7 Å². The minimum Gasteiger partial charge on any atom is -0.351 e. The van der Waals surface area contributed by atoms with Crippen molar-refractivity contribution in [1.82, 2.24) is 10.2 Å². The minimum atomic E-state index is -0.477. The summed E-state index contributed by atoms with van der Waals surface area (Å²) in [7, 11) is 0. The molecule has 1 fully saturated rings. The summed E-state index contributed by atoms with van der Waals surface area (Å²) in [6, 6.07) is 16.4. The van der Waals surface area contributed by atoms with Crippen LogP contribution in [0.15, 0.2) is 59.6 Å². The molecule has 1 atom stereocenters. The zero-order chi connectivity index (χ0) is 22.3. The highest BCUT2D eigenvalue weighted by Crippen LogP contribution is 2.29. The molecule has 166 valence electrons. The first kappa shape index (κ1) is 22.1. The number of carbonyl (C=O) groups excluding carboxylic acids is 3. The van der Waals surface area contributed by atoms with Crippen LogP contribution in [0.2, 0.25) is 0 Å². The molecule has 2 aromatic rings. The third kappa shape index (κ3) is 5.76. The molecule has 0 unspecified atom stereocenters. The molecule has 4 rings (SSSR count). The number of likely N-dealkylation sites (tertiary alicyclic amines) is 1. The molecule has 1 saturated heterocycles. The number of carbonyl (C=O) groups is 3. The molecule has 7 nitrogen and oxygen atoms in total. The van der Waals surface area contributed by atoms with Crippen LogP contribution in [0, 0.1) is 0 Å². The monoisotopic (exact) mass is 450 g/mol. The molecule has 2 heterocycles. The summed E-state index contributed by atoms with van der Waals surface area (Å²) in [5, 5.41) is 5.96. The molecular weight excluding hydrogens is 424 g/mol. The predicted octanol–water partition coefficient (Wildman–Crippen LogP) is 3.43. The van der Waals surface area contributed by atoms with Gasteiger partial charge in [-0.2, -0.15) is 4.99 Å². The first-order chi connectivity index (χ1) is 15.6. The van der Waals surface area contributed by atoms with Crippen LogP contribution in [0.3, 0.4) is 0 Å². The van der Waals surface area contributed by atoms with Gasteiger partial charge in [0.1, 0.15) is 5.25 Å². The number of amides is 3. The van der Waals surface area contributed by atoms with Gasteiger partial charge in [0, 0.05) is 37.3 Å². The van der Waals surface area contributed by atoms with Crippen molar-refractivity contribution in [3.8, 4) is 0 Å². The fraction of sp³-hybridized carbons (Fsp3) is 0.333. The summed E-state index contributed by atoms with van der Waals surface area (Å²) in [5.74, 6) is -0.662. The van der Waals surface area contributed by atoms with Crippen LogP contribution in [0.1, 0.15) is 41.6 Å². The van der Waals surface area contributed by atoms with Crippen molar-refractivity contribution in [3.05, 3.63) is 65.7 Å². The Morgan fingerprint density at radius 1 is 1.00 bits per heavy atom. The molecule has 2 aliphatic rings. The quantitative estimate of drug-likeness (QED) is 0.704. The number of thioether (sulfide) groups is 1. The van der Waals surface area contributed by atoms with Gasteiger partial charge in [0.25, 0.3) is 11.8 Å². The third-order valence-corrected chi connectivity index (χ3v) is 6.67. The van der Waals surface area contributed by atoms with E-state index in [1.165, 1.54) is 18.2 Å². The molecule has 0 spiro atoms. The molecule has 0 aliphatic carbocycles. The number of benzene rings is 2. The van der Waals surface area contributed by atoms with E-state index in [4.69, 9.17) is 0 Å². The number of hydrogen-bond acceptors (Lipinski definition) is 5. The highest BCUT2D eigenvalue weighted by molar-refractivity contribution is 8.15. The molecule has 2 aromatic carbocycles. The SMILES string of the molecule is O=C(C[C@H]1SC(N2CCCCC2)=NC1=O)Nc1ccc(C(=O)NCc2ccccc2)cc1. The van der Waals surface area contributed by atoms with Crippen LogP contribution in [0.4, 0.5) is 5.69 Å². The van der Waals surface area contributed by atoms with Crippen LogP contribution in [0.25, 0.3) is 0 Å². The lowest BCUT2D eigenvalue weighted by atomic mass is 10.1. The van der Waals surface area contributed by atoms with E-state index in [2.05, 4.69) is 20.5 Å². The van der Waals surface area contributed by atoms with E-state index >= 15 is 0 Å². The molecule has 8 heteroatoms. The smallest absolute Gasteiger partial charge is 0.262 e. The summed E-state index contributed by atoms with van der Waals surface area (Å²) in [5.41, 5.74) is 2.12. The van der Waals surface area contributed by atoms with Gasteiger partial charge in [-0.15, -0.1) is 0 Å². The maximum Gasteiger partial charge on any atom is 0.262 e. The number of nitrogens with zero attached hydrogens (tertiary/aromatic N) is 2. The van der Waals surface area contributed by atoms with Crippen LogP contribution >= 0.6 is 11.8 Å². The molecule has 3 amide bonds. The summed E-state index contributed by atoms with van der Waals surface area (Å²) in [6.07, 6.45) is 3.50. The van der Waals surface area contributed by atoms with Crippen molar-refractivity contribution in [2.24, 2.45) is 4.99 Å². The van der Waals surface area contributed by atoms with Crippen molar-refractivity contribution in [2.45, 2.75) is 37.5 Å². The summed E-state index contributed by atoms with van der Waals surface area (Å²) in [6.45, 7) is 2.29. The highest BCUT2D eigenvalue weighted by Gasteiger charge is 2.33. The minimum absolute atomic E-state index is 0.0731. The normalized spacial score (nSPS) is 18.2. The Kier molecular flexibility index (Phi) is 7.21. The van der Waals surface area contributed by atoms with Crippen LogP contribution in [-0.4, -0.2) is 46.1 Å². The van der Waals surface area contributed by atoms with Gasteiger partial charge in [-0.05, 0) is 49.1 Å². The topological polar surface area (TPSA) is 90.9 Å². The highest BCUT2D eigenvalue weighted by atomic mass is 32.2. The summed E-state index contributed by atoms with van der Waals surface area (Å²) in [4.78, 5) is 43.3. The number of piperidine rings is 1. The fourth-order valence-electron chi connectivity index (χ4n) is 3.70. The van der Waals surface area contributed by atoms with Crippen LogP contribution in [-0.2, 0) is 16.1 Å². The van der Waals surface area contributed by atoms with Crippen molar-refractivity contribution >= 4 is 40.3 Å². The Labute approximate surface area is 191 Å². The van der Waals surface area contributed by atoms with E-state index < -0.39 is 5.25 Å². The first-order valence-corrected chi connectivity index (χ1v) is 11.7. The number of rotatable bonds is 6. The fourth-order valence-corrected chi connectivity index (χ4v) is 4.81. The van der Waals surface area contributed by atoms with Gasteiger partial charge in [0.2, 0.25) is 5.91 Å². The number of hydrogen-bond donors (Lipinski definition) is 2. The number of amidine groups is 1. The Hall–Kier alpha value is -3.13. The Balaban J connectivity index is 1.25. The number of anilines is 1. The second kappa shape index (κ2) is 10.5. The maximum absolute atomic E-state index is 12.5. The molecular formula is C24H26N4O3S. The summed E-state index contributed by atoms with van der Waals surface area (Å²) < 4.78 is 0. The lowest BCUT2D eigenvalue weighted by molar-refractivity contribution is -0.121. The Bertz CT molecular complexity index is 1000. The average molecular weight is 451 g/mol. The van der Waals surface area contributed by atoms with E-state index in [1.54, 1.807) is 24.3 Å². The molecule has 0 aromatic heterocycles. The van der Waals surface area contributed by atoms with Gasteiger partial charge in [0.05, 0.1) is 0 Å². The van der Waals surface area contributed by atoms with Gasteiger partial charge in [0.15, 0.2) is 5.17 Å². The molecule has 0 radical (unpaired) electrons. The lowest BCUT2D eigenvalue weighted by Gasteiger charge is -2.27. The second-order valence-corrected chi connectivity index (χ2v) is 9.05. The van der Waals surface area contributed by atoms with Gasteiger partial charge in [-0.1, -0.05) is 42.1 Å². The van der Waals surface area contributed by atoms with Gasteiger partial charge in [-0.3, -0.25) is 14.4 Å². The van der Waals surface area contributed by atoms with Crippen molar-refractivity contribution in [3.63, 3.8) is 0 Å². The average Bonchev–Trinajstić information content (AvgIpc) is 3.19. The predicted molar refractivity (Wildman–Crippen MR) is 127 cm³/mol. The summed E-state index contributed by atoms with van der Waals surface area (Å²) >= 11 is 1.39. The molecule has 0 bridgehead atoms. The van der Waals surface area contributed by atoms with E-state index in [1.807, 2.05) is 30.3 Å². The molecule has 32 heavy (non-hydrogen) atoms. The van der Waals surface area contributed by atoms with Crippen molar-refractivity contribution in [1.29, 1.82) is 0 Å². The van der Waals surface area contributed by atoms with Crippen molar-refractivity contribution in [2.75, 3.05) is 18.4 Å². The number of nitrogens with one attached hydrogen (secondary N) is 2. The van der Waals surface area contributed by atoms with Crippen LogP contribution in [0.5, 0.6) is 0 Å². The lowest BCUT2D eigenvalue weighted by Crippen LogP contribution is -2.33. The molecule has 2 N–H and O–H groups in total. The van der Waals surface area contributed by atoms with E-state index in [0.29, 0.717) is 17.8 Å². The molecule has 0 saturated carbocycles. The standard InChI is InChI=1S/C24H26N4O3S/c29-21(15-20-23(31)27-24(32-20)28-13-5-2-6-14-28)26-19-11-9-18(10-12-19)22(30)25-16-17-7-3-1-4-8-17/h1,3-4,7-12,20H,2,5-6,13-16H2,(H,25,30)(H,26,29)/t20-/m1/s1. The zero-order valence-electron chi connectivity index (χ0n) is 17.8. The van der Waals surface area contributed by atoms with E-state index in [-0.39, 0.29) is 24.1 Å². The van der Waals surface area contributed by atoms with Gasteiger partial charge >= 0.3 is 0 Å². The van der Waals surface area contributed by atoms with E-state index in [9.17, 15) is 14.4 Å². The third-order valence-electron chi connectivity index (χ3n) is 5.45. The van der Waals surface area contributed by atoms with Crippen LogP contribution < -0.4 is 10.6 Å². The largest absolute Gasteiger partial charge is 0.351 e. The zero-order valence-corrected chi connectivity index (χ0v) is 18.6. The van der Waals surface area contributed by atoms with Crippen molar-refractivity contribution < 1.29 is 14.4 Å². The Morgan fingerprint density at radius 3 is 2.44 bits per heavy atom. The second-order valence-electron chi connectivity index (χ2n) is 7.88. The Morgan fingerprint density at radius 2 is 1.72 bits per heavy atom. The maximum atomic E-state index is 12.5. The van der Waals surface area contributed by atoms with Gasteiger partial charge in [-0.25, -0.2) is 0 Å².